The quantitative estimate of drug-likeness (QED) is 0.667. The molecule has 1 unspecified atom stereocenters. The van der Waals surface area contributed by atoms with Crippen LogP contribution in [0.3, 0.4) is 0 Å². The Labute approximate surface area is 146 Å². The molecule has 0 amide bonds. The van der Waals surface area contributed by atoms with Gasteiger partial charge in [0.15, 0.2) is 0 Å². The van der Waals surface area contributed by atoms with Crippen molar-refractivity contribution in [2.24, 2.45) is 0 Å². The zero-order valence-electron chi connectivity index (χ0n) is 14.8. The van der Waals surface area contributed by atoms with Crippen molar-refractivity contribution in [2.45, 2.75) is 44.4 Å². The van der Waals surface area contributed by atoms with Crippen LogP contribution in [0.1, 0.15) is 45.2 Å². The van der Waals surface area contributed by atoms with Gasteiger partial charge in [0.25, 0.3) is 0 Å². The summed E-state index contributed by atoms with van der Waals surface area (Å²) in [6.45, 7) is 5.61. The van der Waals surface area contributed by atoms with Gasteiger partial charge in [-0.2, -0.15) is 0 Å². The minimum Gasteiger partial charge on any atom is -0.307 e. The molecule has 6 nitrogen and oxygen atoms in total. The van der Waals surface area contributed by atoms with Gasteiger partial charge in [0, 0.05) is 26.7 Å². The van der Waals surface area contributed by atoms with Gasteiger partial charge in [-0.25, -0.2) is 8.93 Å². The number of benzene rings is 1. The fourth-order valence-corrected chi connectivity index (χ4v) is 3.79. The highest BCUT2D eigenvalue weighted by molar-refractivity contribution is 7.84. The zero-order valence-corrected chi connectivity index (χ0v) is 16.5. The average Bonchev–Trinajstić information content (AvgIpc) is 2.57. The average molecular weight is 375 g/mol. The van der Waals surface area contributed by atoms with E-state index >= 15 is 0 Å². The van der Waals surface area contributed by atoms with Crippen LogP contribution in [-0.2, 0) is 29.4 Å². The van der Waals surface area contributed by atoms with Crippen molar-refractivity contribution in [3.63, 3.8) is 0 Å². The summed E-state index contributed by atoms with van der Waals surface area (Å²) in [5, 5.41) is 0. The standard InChI is InChI=1S/C16H26NO5PS/c1-16(2,3)24(20)17-14(13-9-7-6-8-10-13)11-12-15(18)23(19,21-4)22-5/h6-10,14,17H,11-12H2,1-5H3/t14-,24?/m0/s1. The fraction of sp³-hybridized carbons (Fsp3) is 0.562. The Balaban J connectivity index is 2.90. The lowest BCUT2D eigenvalue weighted by molar-refractivity contribution is -0.113. The number of hydrogen-bond acceptors (Lipinski definition) is 5. The Morgan fingerprint density at radius 1 is 1.21 bits per heavy atom. The second-order valence-corrected chi connectivity index (χ2v) is 10.5. The molecule has 0 fully saturated rings. The van der Waals surface area contributed by atoms with Gasteiger partial charge in [0.1, 0.15) is 0 Å². The Morgan fingerprint density at radius 3 is 2.21 bits per heavy atom. The minimum atomic E-state index is -3.73. The Hall–Kier alpha value is -0.850. The number of hydrogen-bond donors (Lipinski definition) is 1. The molecule has 1 N–H and O–H groups in total. The van der Waals surface area contributed by atoms with Crippen LogP contribution in [0.15, 0.2) is 30.3 Å². The molecular formula is C16H26NO5PS. The third kappa shape index (κ3) is 5.90. The summed E-state index contributed by atoms with van der Waals surface area (Å²) >= 11 is 0. The molecule has 0 aliphatic carbocycles. The molecule has 24 heavy (non-hydrogen) atoms. The van der Waals surface area contributed by atoms with Crippen LogP contribution in [-0.4, -0.2) is 28.7 Å². The van der Waals surface area contributed by atoms with Crippen LogP contribution in [0.4, 0.5) is 0 Å². The monoisotopic (exact) mass is 375 g/mol. The van der Waals surface area contributed by atoms with Crippen LogP contribution in [0.2, 0.25) is 0 Å². The topological polar surface area (TPSA) is 81.7 Å². The SMILES string of the molecule is COP(=O)(OC)C(=O)CC[C@H](NS(=O)C(C)(C)C)c1ccccc1. The predicted molar refractivity (Wildman–Crippen MR) is 96.1 cm³/mol. The van der Waals surface area contributed by atoms with E-state index in [9.17, 15) is 13.6 Å². The Bertz CT molecular complexity index is 607. The van der Waals surface area contributed by atoms with Gasteiger partial charge in [-0.1, -0.05) is 30.3 Å². The molecule has 0 saturated carbocycles. The van der Waals surface area contributed by atoms with E-state index in [4.69, 9.17) is 9.05 Å². The smallest absolute Gasteiger partial charge is 0.307 e. The van der Waals surface area contributed by atoms with E-state index in [2.05, 4.69) is 4.72 Å². The van der Waals surface area contributed by atoms with Crippen molar-refractivity contribution in [3.8, 4) is 0 Å². The lowest BCUT2D eigenvalue weighted by atomic mass is 10.0. The Morgan fingerprint density at radius 2 is 1.75 bits per heavy atom. The fourth-order valence-electron chi connectivity index (χ4n) is 1.97. The number of rotatable bonds is 9. The summed E-state index contributed by atoms with van der Waals surface area (Å²) in [6, 6.07) is 9.12. The van der Waals surface area contributed by atoms with E-state index in [1.807, 2.05) is 51.1 Å². The summed E-state index contributed by atoms with van der Waals surface area (Å²) in [4.78, 5) is 12.1. The van der Waals surface area contributed by atoms with Gasteiger partial charge >= 0.3 is 7.60 Å². The van der Waals surface area contributed by atoms with Crippen LogP contribution in [0.5, 0.6) is 0 Å². The van der Waals surface area contributed by atoms with Crippen LogP contribution >= 0.6 is 7.60 Å². The molecule has 0 bridgehead atoms. The summed E-state index contributed by atoms with van der Waals surface area (Å²) in [7, 11) is -2.66. The third-order valence-corrected chi connectivity index (χ3v) is 6.85. The molecule has 0 aliphatic rings. The summed E-state index contributed by atoms with van der Waals surface area (Å²) in [6.07, 6.45) is 0.328. The molecule has 1 aromatic carbocycles. The maximum absolute atomic E-state index is 12.4. The molecule has 0 heterocycles. The minimum absolute atomic E-state index is 0.00708. The molecule has 0 aromatic heterocycles. The predicted octanol–water partition coefficient (Wildman–Crippen LogP) is 3.57. The maximum Gasteiger partial charge on any atom is 0.396 e. The zero-order chi connectivity index (χ0) is 18.4. The van der Waals surface area contributed by atoms with E-state index in [0.29, 0.717) is 6.42 Å². The first kappa shape index (κ1) is 21.2. The second kappa shape index (κ2) is 9.02. The van der Waals surface area contributed by atoms with E-state index in [-0.39, 0.29) is 12.5 Å². The van der Waals surface area contributed by atoms with Crippen molar-refractivity contribution in [3.05, 3.63) is 35.9 Å². The van der Waals surface area contributed by atoms with Gasteiger partial charge < -0.3 is 9.05 Å². The lowest BCUT2D eigenvalue weighted by Crippen LogP contribution is -2.36. The van der Waals surface area contributed by atoms with Gasteiger partial charge in [0.2, 0.25) is 5.52 Å². The molecule has 1 aromatic rings. The van der Waals surface area contributed by atoms with Crippen LogP contribution in [0, 0.1) is 0 Å². The molecule has 0 radical (unpaired) electrons. The van der Waals surface area contributed by atoms with E-state index in [1.54, 1.807) is 0 Å². The highest BCUT2D eigenvalue weighted by Crippen LogP contribution is 2.48. The first-order valence-corrected chi connectivity index (χ1v) is 10.3. The second-order valence-electron chi connectivity index (χ2n) is 6.26. The molecule has 1 rings (SSSR count). The molecule has 0 saturated heterocycles. The Kier molecular flexibility index (Phi) is 7.96. The lowest BCUT2D eigenvalue weighted by Gasteiger charge is -2.25. The molecular weight excluding hydrogens is 349 g/mol. The highest BCUT2D eigenvalue weighted by atomic mass is 32.2. The molecule has 0 aliphatic heterocycles. The molecule has 2 atom stereocenters. The van der Waals surface area contributed by atoms with E-state index in [0.717, 1.165) is 5.56 Å². The summed E-state index contributed by atoms with van der Waals surface area (Å²) < 4.78 is 36.6. The van der Waals surface area contributed by atoms with Crippen molar-refractivity contribution in [1.82, 2.24) is 4.72 Å². The van der Waals surface area contributed by atoms with E-state index in [1.165, 1.54) is 14.2 Å². The molecule has 0 spiro atoms. The highest BCUT2D eigenvalue weighted by Gasteiger charge is 2.33. The molecule has 136 valence electrons. The normalized spacial score (nSPS) is 15.0. The van der Waals surface area contributed by atoms with Crippen molar-refractivity contribution in [1.29, 1.82) is 0 Å². The number of nitrogens with one attached hydrogen (secondary N) is 1. The first-order chi connectivity index (χ1) is 11.1. The van der Waals surface area contributed by atoms with Gasteiger partial charge in [-0.15, -0.1) is 0 Å². The van der Waals surface area contributed by atoms with Crippen LogP contribution < -0.4 is 4.72 Å². The van der Waals surface area contributed by atoms with Gasteiger partial charge in [-0.3, -0.25) is 9.36 Å². The van der Waals surface area contributed by atoms with Crippen molar-refractivity contribution < 1.29 is 22.6 Å². The molecule has 8 heteroatoms. The summed E-state index contributed by atoms with van der Waals surface area (Å²) in [5.74, 6) is 0. The number of carbonyl (C=O) groups excluding carboxylic acids is 1. The van der Waals surface area contributed by atoms with Crippen molar-refractivity contribution in [2.75, 3.05) is 14.2 Å². The summed E-state index contributed by atoms with van der Waals surface area (Å²) in [5.41, 5.74) is 0.323. The number of carbonyl (C=O) groups is 1. The van der Waals surface area contributed by atoms with Crippen molar-refractivity contribution >= 4 is 24.1 Å². The third-order valence-electron chi connectivity index (χ3n) is 3.44. The van der Waals surface area contributed by atoms with E-state index < -0.39 is 28.9 Å². The van der Waals surface area contributed by atoms with Gasteiger partial charge in [-0.05, 0) is 32.8 Å². The largest absolute Gasteiger partial charge is 0.396 e. The maximum atomic E-state index is 12.4. The van der Waals surface area contributed by atoms with Gasteiger partial charge in [0.05, 0.1) is 15.7 Å². The first-order valence-electron chi connectivity index (χ1n) is 7.62. The van der Waals surface area contributed by atoms with Crippen LogP contribution in [0.25, 0.3) is 0 Å².